The Morgan fingerprint density at radius 2 is 1.50 bits per heavy atom. The molecule has 0 amide bonds. The molecular weight excluding hydrogens is 322 g/mol. The van der Waals surface area contributed by atoms with Crippen LogP contribution in [0.25, 0.3) is 0 Å². The van der Waals surface area contributed by atoms with E-state index in [1.165, 1.54) is 38.5 Å². The Morgan fingerprint density at radius 1 is 0.958 bits per heavy atom. The van der Waals surface area contributed by atoms with E-state index in [9.17, 15) is 13.5 Å². The first-order valence-electron chi connectivity index (χ1n) is 9.20. The molecule has 0 aliphatic carbocycles. The van der Waals surface area contributed by atoms with Crippen LogP contribution in [-0.2, 0) is 10.0 Å². The van der Waals surface area contributed by atoms with Crippen molar-refractivity contribution in [3.63, 3.8) is 0 Å². The summed E-state index contributed by atoms with van der Waals surface area (Å²) in [5, 5.41) is 9.95. The van der Waals surface area contributed by atoms with Gasteiger partial charge in [0, 0.05) is 6.54 Å². The van der Waals surface area contributed by atoms with Gasteiger partial charge in [-0.3, -0.25) is 0 Å². The molecule has 2 N–H and O–H groups in total. The molecule has 4 nitrogen and oxygen atoms in total. The van der Waals surface area contributed by atoms with E-state index < -0.39 is 16.1 Å². The number of hydrogen-bond acceptors (Lipinski definition) is 3. The number of aliphatic hydroxyl groups is 1. The summed E-state index contributed by atoms with van der Waals surface area (Å²) in [4.78, 5) is 0.243. The quantitative estimate of drug-likeness (QED) is 0.522. The zero-order chi connectivity index (χ0) is 17.8. The Bertz CT molecular complexity index is 540. The van der Waals surface area contributed by atoms with E-state index >= 15 is 0 Å². The molecule has 0 bridgehead atoms. The second-order valence-electron chi connectivity index (χ2n) is 6.58. The van der Waals surface area contributed by atoms with Crippen LogP contribution in [0.5, 0.6) is 0 Å². The predicted molar refractivity (Wildman–Crippen MR) is 99.6 cm³/mol. The van der Waals surface area contributed by atoms with Crippen molar-refractivity contribution in [2.24, 2.45) is 0 Å². The maximum absolute atomic E-state index is 12.1. The van der Waals surface area contributed by atoms with Gasteiger partial charge in [0.2, 0.25) is 10.0 Å². The van der Waals surface area contributed by atoms with E-state index in [1.54, 1.807) is 24.3 Å². The summed E-state index contributed by atoms with van der Waals surface area (Å²) in [6, 6.07) is 6.71. The number of benzene rings is 1. The summed E-state index contributed by atoms with van der Waals surface area (Å²) in [6.45, 7) is 4.21. The minimum Gasteiger partial charge on any atom is -0.392 e. The van der Waals surface area contributed by atoms with Crippen LogP contribution in [0.15, 0.2) is 29.2 Å². The monoisotopic (exact) mass is 355 g/mol. The Morgan fingerprint density at radius 3 is 2.08 bits per heavy atom. The first-order valence-corrected chi connectivity index (χ1v) is 10.7. The van der Waals surface area contributed by atoms with E-state index in [-0.39, 0.29) is 11.4 Å². The van der Waals surface area contributed by atoms with Crippen molar-refractivity contribution in [2.75, 3.05) is 6.54 Å². The third-order valence-electron chi connectivity index (χ3n) is 4.23. The molecule has 5 heteroatoms. The summed E-state index contributed by atoms with van der Waals surface area (Å²) >= 11 is 0. The standard InChI is InChI=1S/C19H33NO3S/c1-3-4-5-6-7-8-9-10-11-18(21)16-20-24(22,23)19-14-12-17(2)13-15-19/h12-15,18,20-21H,3-11,16H2,1-2H3. The fourth-order valence-corrected chi connectivity index (χ4v) is 3.70. The third kappa shape index (κ3) is 8.81. The lowest BCUT2D eigenvalue weighted by molar-refractivity contribution is 0.164. The molecule has 24 heavy (non-hydrogen) atoms. The van der Waals surface area contributed by atoms with Gasteiger partial charge in [0.15, 0.2) is 0 Å². The highest BCUT2D eigenvalue weighted by Gasteiger charge is 2.15. The number of nitrogens with one attached hydrogen (secondary N) is 1. The molecule has 1 unspecified atom stereocenters. The first kappa shape index (κ1) is 21.1. The first-order chi connectivity index (χ1) is 11.5. The smallest absolute Gasteiger partial charge is 0.240 e. The highest BCUT2D eigenvalue weighted by atomic mass is 32.2. The van der Waals surface area contributed by atoms with Crippen LogP contribution >= 0.6 is 0 Å². The molecule has 1 atom stereocenters. The van der Waals surface area contributed by atoms with Gasteiger partial charge in [0.1, 0.15) is 0 Å². The molecule has 1 rings (SSSR count). The molecular formula is C19H33NO3S. The van der Waals surface area contributed by atoms with Gasteiger partial charge >= 0.3 is 0 Å². The summed E-state index contributed by atoms with van der Waals surface area (Å²) in [7, 11) is -3.53. The lowest BCUT2D eigenvalue weighted by atomic mass is 10.1. The normalized spacial score (nSPS) is 13.1. The summed E-state index contributed by atoms with van der Waals surface area (Å²) in [5.41, 5.74) is 1.02. The molecule has 0 radical (unpaired) electrons. The molecule has 1 aromatic carbocycles. The number of rotatable bonds is 13. The van der Waals surface area contributed by atoms with Crippen LogP contribution in [-0.4, -0.2) is 26.2 Å². The second kappa shape index (κ2) is 11.6. The summed E-state index contributed by atoms with van der Waals surface area (Å²) in [5.74, 6) is 0. The van der Waals surface area contributed by atoms with E-state index in [2.05, 4.69) is 11.6 Å². The number of aryl methyl sites for hydroxylation is 1. The molecule has 0 heterocycles. The number of hydrogen-bond donors (Lipinski definition) is 2. The van der Waals surface area contributed by atoms with Crippen molar-refractivity contribution in [1.82, 2.24) is 4.72 Å². The molecule has 0 aliphatic rings. The van der Waals surface area contributed by atoms with E-state index in [4.69, 9.17) is 0 Å². The van der Waals surface area contributed by atoms with Gasteiger partial charge < -0.3 is 5.11 Å². The Labute approximate surface area is 147 Å². The van der Waals surface area contributed by atoms with E-state index in [0.29, 0.717) is 6.42 Å². The number of unbranched alkanes of at least 4 members (excludes halogenated alkanes) is 7. The van der Waals surface area contributed by atoms with Crippen LogP contribution in [0.1, 0.15) is 70.3 Å². The second-order valence-corrected chi connectivity index (χ2v) is 8.35. The minimum atomic E-state index is -3.53. The fourth-order valence-electron chi connectivity index (χ4n) is 2.62. The highest BCUT2D eigenvalue weighted by Crippen LogP contribution is 2.12. The van der Waals surface area contributed by atoms with Gasteiger partial charge in [0.05, 0.1) is 11.0 Å². The zero-order valence-corrected chi connectivity index (χ0v) is 15.9. The maximum Gasteiger partial charge on any atom is 0.240 e. The average molecular weight is 356 g/mol. The summed E-state index contributed by atoms with van der Waals surface area (Å²) in [6.07, 6.45) is 9.74. The molecule has 0 saturated carbocycles. The van der Waals surface area contributed by atoms with E-state index in [1.807, 2.05) is 6.92 Å². The lowest BCUT2D eigenvalue weighted by Crippen LogP contribution is -2.32. The highest BCUT2D eigenvalue weighted by molar-refractivity contribution is 7.89. The van der Waals surface area contributed by atoms with Crippen molar-refractivity contribution in [2.45, 2.75) is 82.6 Å². The summed E-state index contributed by atoms with van der Waals surface area (Å²) < 4.78 is 26.7. The lowest BCUT2D eigenvalue weighted by Gasteiger charge is -2.12. The van der Waals surface area contributed by atoms with Gasteiger partial charge in [-0.1, -0.05) is 76.0 Å². The number of aliphatic hydroxyl groups excluding tert-OH is 1. The molecule has 0 saturated heterocycles. The van der Waals surface area contributed by atoms with Gasteiger partial charge in [-0.2, -0.15) is 0 Å². The van der Waals surface area contributed by atoms with Crippen molar-refractivity contribution in [3.8, 4) is 0 Å². The van der Waals surface area contributed by atoms with Crippen molar-refractivity contribution >= 4 is 10.0 Å². The van der Waals surface area contributed by atoms with Gasteiger partial charge in [-0.05, 0) is 25.5 Å². The van der Waals surface area contributed by atoms with Crippen LogP contribution in [0.2, 0.25) is 0 Å². The number of sulfonamides is 1. The zero-order valence-electron chi connectivity index (χ0n) is 15.1. The van der Waals surface area contributed by atoms with Crippen LogP contribution in [0, 0.1) is 6.92 Å². The third-order valence-corrected chi connectivity index (χ3v) is 5.67. The van der Waals surface area contributed by atoms with Crippen LogP contribution in [0.4, 0.5) is 0 Å². The Hall–Kier alpha value is -0.910. The van der Waals surface area contributed by atoms with Gasteiger partial charge in [0.25, 0.3) is 0 Å². The average Bonchev–Trinajstić information content (AvgIpc) is 2.56. The van der Waals surface area contributed by atoms with Crippen molar-refractivity contribution in [3.05, 3.63) is 29.8 Å². The Kier molecular flexibility index (Phi) is 10.2. The molecule has 0 spiro atoms. The van der Waals surface area contributed by atoms with E-state index in [0.717, 1.165) is 18.4 Å². The van der Waals surface area contributed by atoms with Crippen molar-refractivity contribution < 1.29 is 13.5 Å². The van der Waals surface area contributed by atoms with Crippen LogP contribution in [0.3, 0.4) is 0 Å². The van der Waals surface area contributed by atoms with Gasteiger partial charge in [-0.25, -0.2) is 13.1 Å². The predicted octanol–water partition coefficient (Wildman–Crippen LogP) is 4.17. The van der Waals surface area contributed by atoms with Crippen molar-refractivity contribution in [1.29, 1.82) is 0 Å². The molecule has 0 fully saturated rings. The largest absolute Gasteiger partial charge is 0.392 e. The fraction of sp³-hybridized carbons (Fsp3) is 0.684. The maximum atomic E-state index is 12.1. The molecule has 138 valence electrons. The molecule has 0 aromatic heterocycles. The molecule has 0 aliphatic heterocycles. The SMILES string of the molecule is CCCCCCCCCCC(O)CNS(=O)(=O)c1ccc(C)cc1. The topological polar surface area (TPSA) is 66.4 Å². The molecule has 1 aromatic rings. The van der Waals surface area contributed by atoms with Crippen LogP contribution < -0.4 is 4.72 Å². The Balaban J connectivity index is 2.17. The minimum absolute atomic E-state index is 0.0761. The van der Waals surface area contributed by atoms with Gasteiger partial charge in [-0.15, -0.1) is 0 Å².